The van der Waals surface area contributed by atoms with E-state index < -0.39 is 69.9 Å². The van der Waals surface area contributed by atoms with E-state index in [4.69, 9.17) is 0 Å². The maximum atomic E-state index is 11.2. The number of pyridine rings is 1. The molecule has 2 rings (SSSR count). The fourth-order valence-electron chi connectivity index (χ4n) is 2.02. The SMILES string of the molecule is O=[N+]([O-])c1cc([N+](=O)[O-])c([N+](=O)[O-])nc1-n1nc([N+](=O)[O-])c([N+](=O)[O-])c1[N+](=O)[O-]. The summed E-state index contributed by atoms with van der Waals surface area (Å²) in [4.78, 5) is 60.2. The van der Waals surface area contributed by atoms with Gasteiger partial charge in [0, 0.05) is 4.98 Å². The van der Waals surface area contributed by atoms with Gasteiger partial charge < -0.3 is 30.3 Å². The molecule has 0 saturated carbocycles. The van der Waals surface area contributed by atoms with Crippen molar-refractivity contribution in [1.82, 2.24) is 14.8 Å². The Morgan fingerprint density at radius 3 is 1.55 bits per heavy atom. The average molecular weight is 415 g/mol. The van der Waals surface area contributed by atoms with Crippen LogP contribution in [-0.2, 0) is 0 Å². The summed E-state index contributed by atoms with van der Waals surface area (Å²) in [7, 11) is 0. The fourth-order valence-corrected chi connectivity index (χ4v) is 2.02. The highest BCUT2D eigenvalue weighted by Crippen LogP contribution is 2.40. The predicted octanol–water partition coefficient (Wildman–Crippen LogP) is 0.716. The molecule has 0 amide bonds. The normalized spacial score (nSPS) is 10.3. The summed E-state index contributed by atoms with van der Waals surface area (Å²) in [6, 6.07) is 0.00351. The van der Waals surface area contributed by atoms with Crippen LogP contribution in [0.5, 0.6) is 0 Å². The van der Waals surface area contributed by atoms with Crippen LogP contribution in [0.4, 0.5) is 34.5 Å². The summed E-state index contributed by atoms with van der Waals surface area (Å²) < 4.78 is -0.356. The Hall–Kier alpha value is -5.24. The molecule has 2 heterocycles. The summed E-state index contributed by atoms with van der Waals surface area (Å²) >= 11 is 0. The van der Waals surface area contributed by atoms with E-state index >= 15 is 0 Å². The Labute approximate surface area is 152 Å². The lowest BCUT2D eigenvalue weighted by Crippen LogP contribution is -2.11. The average Bonchev–Trinajstić information content (AvgIpc) is 3.01. The molecule has 0 N–H and O–H groups in total. The van der Waals surface area contributed by atoms with Gasteiger partial charge in [-0.3, -0.25) is 30.3 Å². The monoisotopic (exact) mass is 415 g/mol. The Balaban J connectivity index is 3.08. The Bertz CT molecular complexity index is 1130. The Kier molecular flexibility index (Phi) is 4.72. The van der Waals surface area contributed by atoms with Gasteiger partial charge in [0.05, 0.1) is 19.5 Å². The lowest BCUT2D eigenvalue weighted by Gasteiger charge is -1.97. The molecule has 150 valence electrons. The van der Waals surface area contributed by atoms with Gasteiger partial charge in [-0.25, -0.2) is 0 Å². The lowest BCUT2D eigenvalue weighted by molar-refractivity contribution is -0.441. The van der Waals surface area contributed by atoms with Crippen LogP contribution in [0.25, 0.3) is 5.82 Å². The summed E-state index contributed by atoms with van der Waals surface area (Å²) in [5, 5.41) is 69.1. The van der Waals surface area contributed by atoms with Gasteiger partial charge in [-0.2, -0.15) is 0 Å². The van der Waals surface area contributed by atoms with Crippen LogP contribution in [0.15, 0.2) is 6.07 Å². The molecule has 0 spiro atoms. The van der Waals surface area contributed by atoms with Crippen LogP contribution in [0, 0.1) is 60.7 Å². The molecule has 0 fully saturated rings. The molecule has 0 bridgehead atoms. The van der Waals surface area contributed by atoms with Crippen molar-refractivity contribution in [2.75, 3.05) is 0 Å². The largest absolute Gasteiger partial charge is 0.499 e. The van der Waals surface area contributed by atoms with E-state index in [1.165, 1.54) is 0 Å². The van der Waals surface area contributed by atoms with Crippen LogP contribution in [0.1, 0.15) is 0 Å². The maximum absolute atomic E-state index is 11.2. The molecule has 0 unspecified atom stereocenters. The molecule has 0 saturated heterocycles. The molecule has 0 aliphatic carbocycles. The minimum absolute atomic E-state index is 0.00351. The minimum atomic E-state index is -1.79. The van der Waals surface area contributed by atoms with Crippen molar-refractivity contribution in [1.29, 1.82) is 0 Å². The Morgan fingerprint density at radius 2 is 1.17 bits per heavy atom. The predicted molar refractivity (Wildman–Crippen MR) is 81.3 cm³/mol. The van der Waals surface area contributed by atoms with Crippen LogP contribution in [0.2, 0.25) is 0 Å². The Morgan fingerprint density at radius 1 is 0.655 bits per heavy atom. The first-order chi connectivity index (χ1) is 13.4. The van der Waals surface area contributed by atoms with Crippen LogP contribution >= 0.6 is 0 Å². The van der Waals surface area contributed by atoms with Crippen LogP contribution in [0.3, 0.4) is 0 Å². The van der Waals surface area contributed by atoms with Gasteiger partial charge >= 0.3 is 40.3 Å². The number of hydrogen-bond donors (Lipinski definition) is 0. The van der Waals surface area contributed by atoms with Crippen molar-refractivity contribution in [2.24, 2.45) is 0 Å². The molecular weight excluding hydrogens is 414 g/mol. The van der Waals surface area contributed by atoms with Crippen LogP contribution < -0.4 is 0 Å². The molecule has 0 aliphatic heterocycles. The summed E-state index contributed by atoms with van der Waals surface area (Å²) in [6.45, 7) is 0. The zero-order chi connectivity index (χ0) is 22.2. The molecule has 0 radical (unpaired) electrons. The quantitative estimate of drug-likeness (QED) is 0.444. The standard InChI is InChI=1S/C8HN9O12/c18-12(19)2-1-3(13(20)21)6(15(24)25)9-5(2)11-8(17(28)29)4(14(22)23)7(10-11)16(26)27/h1H. The summed E-state index contributed by atoms with van der Waals surface area (Å²) in [5.74, 6) is -6.61. The molecule has 29 heavy (non-hydrogen) atoms. The number of rotatable bonds is 7. The number of aromatic nitrogens is 3. The van der Waals surface area contributed by atoms with Crippen LogP contribution in [-0.4, -0.2) is 44.3 Å². The molecule has 0 atom stereocenters. The molecule has 21 heteroatoms. The fraction of sp³-hybridized carbons (Fsp3) is 0. The first-order valence-corrected chi connectivity index (χ1v) is 6.43. The second-order valence-electron chi connectivity index (χ2n) is 4.62. The highest BCUT2D eigenvalue weighted by molar-refractivity contribution is 5.67. The van der Waals surface area contributed by atoms with Crippen molar-refractivity contribution in [3.05, 3.63) is 66.8 Å². The smallest absolute Gasteiger partial charge is 0.358 e. The van der Waals surface area contributed by atoms with Crippen molar-refractivity contribution in [2.45, 2.75) is 0 Å². The van der Waals surface area contributed by atoms with Crippen molar-refractivity contribution in [3.8, 4) is 5.82 Å². The molecular formula is C8HN9O12. The van der Waals surface area contributed by atoms with Crippen molar-refractivity contribution < 1.29 is 29.5 Å². The summed E-state index contributed by atoms with van der Waals surface area (Å²) in [6.07, 6.45) is 0. The second-order valence-corrected chi connectivity index (χ2v) is 4.62. The zero-order valence-electron chi connectivity index (χ0n) is 13.0. The zero-order valence-corrected chi connectivity index (χ0v) is 13.0. The first kappa shape index (κ1) is 20.1. The summed E-state index contributed by atoms with van der Waals surface area (Å²) in [5.41, 5.74) is -4.75. The third kappa shape index (κ3) is 3.27. The van der Waals surface area contributed by atoms with Gasteiger partial charge in [-0.05, 0) is 14.8 Å². The topological polar surface area (TPSA) is 290 Å². The highest BCUT2D eigenvalue weighted by atomic mass is 16.7. The van der Waals surface area contributed by atoms with Gasteiger partial charge in [-0.1, -0.05) is 0 Å². The maximum Gasteiger partial charge on any atom is 0.499 e. The first-order valence-electron chi connectivity index (χ1n) is 6.43. The number of hydrogen-bond acceptors (Lipinski definition) is 14. The van der Waals surface area contributed by atoms with Gasteiger partial charge in [-0.15, -0.1) is 0 Å². The van der Waals surface area contributed by atoms with E-state index in [0.29, 0.717) is 0 Å². The van der Waals surface area contributed by atoms with E-state index in [0.717, 1.165) is 0 Å². The molecule has 2 aromatic heterocycles. The van der Waals surface area contributed by atoms with E-state index in [1.807, 2.05) is 0 Å². The van der Waals surface area contributed by atoms with Gasteiger partial charge in [0.15, 0.2) is 5.10 Å². The van der Waals surface area contributed by atoms with E-state index in [1.54, 1.807) is 0 Å². The highest BCUT2D eigenvalue weighted by Gasteiger charge is 2.52. The van der Waals surface area contributed by atoms with Gasteiger partial charge in [0.2, 0.25) is 0 Å². The minimum Gasteiger partial charge on any atom is -0.358 e. The third-order valence-corrected chi connectivity index (χ3v) is 3.06. The second kappa shape index (κ2) is 6.82. The van der Waals surface area contributed by atoms with Crippen molar-refractivity contribution in [3.63, 3.8) is 0 Å². The lowest BCUT2D eigenvalue weighted by atomic mass is 10.3. The molecule has 21 nitrogen and oxygen atoms in total. The van der Waals surface area contributed by atoms with E-state index in [2.05, 4.69) is 10.1 Å². The van der Waals surface area contributed by atoms with E-state index in [-0.39, 0.29) is 10.7 Å². The molecule has 0 aliphatic rings. The number of nitrogens with zero attached hydrogens (tertiary/aromatic N) is 9. The van der Waals surface area contributed by atoms with E-state index in [9.17, 15) is 60.7 Å². The number of nitro groups is 6. The van der Waals surface area contributed by atoms with Gasteiger partial charge in [0.25, 0.3) is 0 Å². The molecule has 0 aromatic carbocycles. The molecule has 2 aromatic rings. The third-order valence-electron chi connectivity index (χ3n) is 3.06. The van der Waals surface area contributed by atoms with Gasteiger partial charge in [0.1, 0.15) is 6.07 Å². The van der Waals surface area contributed by atoms with Crippen molar-refractivity contribution >= 4 is 34.5 Å².